The molecule has 1 aromatic rings. The van der Waals surface area contributed by atoms with Gasteiger partial charge in [-0.05, 0) is 43.9 Å². The van der Waals surface area contributed by atoms with E-state index < -0.39 is 6.10 Å². The molecule has 0 saturated carbocycles. The lowest BCUT2D eigenvalue weighted by molar-refractivity contribution is -0.133. The van der Waals surface area contributed by atoms with Crippen LogP contribution in [-0.2, 0) is 11.2 Å². The van der Waals surface area contributed by atoms with Gasteiger partial charge >= 0.3 is 0 Å². The molecule has 3 nitrogen and oxygen atoms in total. The lowest BCUT2D eigenvalue weighted by Crippen LogP contribution is -2.42. The first kappa shape index (κ1) is 16.0. The van der Waals surface area contributed by atoms with Crippen LogP contribution in [0.15, 0.2) is 24.3 Å². The molecule has 1 amide bonds. The molecular formula is C17H24FNO2. The van der Waals surface area contributed by atoms with Crippen molar-refractivity contribution in [2.75, 3.05) is 6.54 Å². The molecule has 0 bridgehead atoms. The number of halogens is 1. The summed E-state index contributed by atoms with van der Waals surface area (Å²) in [6.07, 6.45) is 4.62. The molecule has 2 rings (SSSR count). The van der Waals surface area contributed by atoms with E-state index in [0.29, 0.717) is 12.0 Å². The highest BCUT2D eigenvalue weighted by atomic mass is 19.1. The Balaban J connectivity index is 2.06. The highest BCUT2D eigenvalue weighted by Gasteiger charge is 2.26. The number of amides is 1. The fourth-order valence-corrected chi connectivity index (χ4v) is 3.07. The minimum atomic E-state index is -0.405. The molecule has 0 aromatic heterocycles. The van der Waals surface area contributed by atoms with Crippen molar-refractivity contribution in [3.63, 3.8) is 0 Å². The van der Waals surface area contributed by atoms with Crippen molar-refractivity contribution in [1.29, 1.82) is 0 Å². The summed E-state index contributed by atoms with van der Waals surface area (Å²) in [5.74, 6) is -0.273. The number of aliphatic hydroxyl groups excluding tert-OH is 1. The first-order chi connectivity index (χ1) is 10.1. The molecule has 1 N–H and O–H groups in total. The van der Waals surface area contributed by atoms with Crippen molar-refractivity contribution in [3.8, 4) is 0 Å². The molecule has 2 atom stereocenters. The van der Waals surface area contributed by atoms with E-state index in [9.17, 15) is 14.3 Å². The maximum absolute atomic E-state index is 13.2. The third-order valence-electron chi connectivity index (χ3n) is 4.06. The molecule has 0 spiro atoms. The number of carbonyl (C=O) groups is 1. The Hall–Kier alpha value is -1.42. The SMILES string of the molecule is CC(O)CC1CCCCCN1C(=O)Cc1cccc(F)c1. The number of carbonyl (C=O) groups excluding carboxylic acids is 1. The fraction of sp³-hybridized carbons (Fsp3) is 0.588. The highest BCUT2D eigenvalue weighted by Crippen LogP contribution is 2.21. The second kappa shape index (κ2) is 7.55. The maximum Gasteiger partial charge on any atom is 0.227 e. The predicted octanol–water partition coefficient (Wildman–Crippen LogP) is 2.91. The zero-order valence-corrected chi connectivity index (χ0v) is 12.6. The molecular weight excluding hydrogens is 269 g/mol. The first-order valence-corrected chi connectivity index (χ1v) is 7.78. The van der Waals surface area contributed by atoms with Gasteiger partial charge in [0.15, 0.2) is 0 Å². The van der Waals surface area contributed by atoms with Crippen LogP contribution in [0.4, 0.5) is 4.39 Å². The van der Waals surface area contributed by atoms with E-state index in [1.807, 2.05) is 4.90 Å². The van der Waals surface area contributed by atoms with Crippen LogP contribution in [0.1, 0.15) is 44.6 Å². The molecule has 1 aromatic carbocycles. The zero-order valence-electron chi connectivity index (χ0n) is 12.6. The van der Waals surface area contributed by atoms with E-state index in [1.165, 1.54) is 12.1 Å². The van der Waals surface area contributed by atoms with Crippen LogP contribution in [0, 0.1) is 5.82 Å². The number of rotatable bonds is 4. The number of aliphatic hydroxyl groups is 1. The van der Waals surface area contributed by atoms with Crippen LogP contribution in [0.5, 0.6) is 0 Å². The van der Waals surface area contributed by atoms with Crippen LogP contribution in [0.2, 0.25) is 0 Å². The van der Waals surface area contributed by atoms with Gasteiger partial charge in [0.2, 0.25) is 5.91 Å². The predicted molar refractivity (Wildman–Crippen MR) is 80.4 cm³/mol. The van der Waals surface area contributed by atoms with Crippen LogP contribution in [-0.4, -0.2) is 34.6 Å². The molecule has 1 fully saturated rings. The number of hydrogen-bond acceptors (Lipinski definition) is 2. The minimum Gasteiger partial charge on any atom is -0.393 e. The van der Waals surface area contributed by atoms with Gasteiger partial charge in [0, 0.05) is 12.6 Å². The summed E-state index contributed by atoms with van der Waals surface area (Å²) in [7, 11) is 0. The average molecular weight is 293 g/mol. The maximum atomic E-state index is 13.2. The van der Waals surface area contributed by atoms with Crippen molar-refractivity contribution in [3.05, 3.63) is 35.6 Å². The van der Waals surface area contributed by atoms with Crippen LogP contribution >= 0.6 is 0 Å². The number of nitrogens with zero attached hydrogens (tertiary/aromatic N) is 1. The molecule has 1 heterocycles. The molecule has 1 aliphatic heterocycles. The van der Waals surface area contributed by atoms with Crippen molar-refractivity contribution in [2.45, 2.75) is 57.6 Å². The largest absolute Gasteiger partial charge is 0.393 e. The van der Waals surface area contributed by atoms with E-state index in [4.69, 9.17) is 0 Å². The smallest absolute Gasteiger partial charge is 0.227 e. The molecule has 116 valence electrons. The third-order valence-corrected chi connectivity index (χ3v) is 4.06. The Morgan fingerprint density at radius 1 is 1.43 bits per heavy atom. The van der Waals surface area contributed by atoms with Crippen LogP contribution < -0.4 is 0 Å². The highest BCUT2D eigenvalue weighted by molar-refractivity contribution is 5.79. The van der Waals surface area contributed by atoms with E-state index in [2.05, 4.69) is 0 Å². The summed E-state index contributed by atoms with van der Waals surface area (Å²) in [6.45, 7) is 2.51. The van der Waals surface area contributed by atoms with E-state index >= 15 is 0 Å². The molecule has 0 radical (unpaired) electrons. The van der Waals surface area contributed by atoms with Gasteiger partial charge in [-0.2, -0.15) is 0 Å². The van der Waals surface area contributed by atoms with Gasteiger partial charge in [-0.3, -0.25) is 4.79 Å². The molecule has 0 aliphatic carbocycles. The van der Waals surface area contributed by atoms with Gasteiger partial charge in [0.25, 0.3) is 0 Å². The molecule has 21 heavy (non-hydrogen) atoms. The number of likely N-dealkylation sites (tertiary alicyclic amines) is 1. The zero-order chi connectivity index (χ0) is 15.2. The first-order valence-electron chi connectivity index (χ1n) is 7.78. The minimum absolute atomic E-state index is 0.0353. The second-order valence-electron chi connectivity index (χ2n) is 5.98. The van der Waals surface area contributed by atoms with E-state index in [0.717, 1.165) is 32.2 Å². The number of benzene rings is 1. The van der Waals surface area contributed by atoms with Crippen LogP contribution in [0.3, 0.4) is 0 Å². The summed E-state index contributed by atoms with van der Waals surface area (Å²) in [4.78, 5) is 14.4. The monoisotopic (exact) mass is 293 g/mol. The summed E-state index contributed by atoms with van der Waals surface area (Å²) in [5.41, 5.74) is 0.708. The molecule has 1 saturated heterocycles. The molecule has 1 aliphatic rings. The third kappa shape index (κ3) is 4.81. The van der Waals surface area contributed by atoms with E-state index in [-0.39, 0.29) is 24.2 Å². The van der Waals surface area contributed by atoms with Gasteiger partial charge in [-0.1, -0.05) is 25.0 Å². The Kier molecular flexibility index (Phi) is 5.74. The van der Waals surface area contributed by atoms with Crippen molar-refractivity contribution >= 4 is 5.91 Å². The molecule has 2 unspecified atom stereocenters. The summed E-state index contributed by atoms with van der Waals surface area (Å²) >= 11 is 0. The Morgan fingerprint density at radius 3 is 2.95 bits per heavy atom. The van der Waals surface area contributed by atoms with E-state index in [1.54, 1.807) is 19.1 Å². The Morgan fingerprint density at radius 2 is 2.24 bits per heavy atom. The summed E-state index contributed by atoms with van der Waals surface area (Å²) < 4.78 is 13.2. The summed E-state index contributed by atoms with van der Waals surface area (Å²) in [6, 6.07) is 6.32. The Bertz CT molecular complexity index is 476. The van der Waals surface area contributed by atoms with Gasteiger partial charge < -0.3 is 10.0 Å². The summed E-state index contributed by atoms with van der Waals surface area (Å²) in [5, 5.41) is 9.63. The fourth-order valence-electron chi connectivity index (χ4n) is 3.07. The standard InChI is InChI=1S/C17H24FNO2/c1-13(20)10-16-8-3-2-4-9-19(16)17(21)12-14-6-5-7-15(18)11-14/h5-7,11,13,16,20H,2-4,8-10,12H2,1H3. The lowest BCUT2D eigenvalue weighted by Gasteiger charge is -2.31. The quantitative estimate of drug-likeness (QED) is 0.927. The molecule has 4 heteroatoms. The Labute approximate surface area is 125 Å². The van der Waals surface area contributed by atoms with Crippen molar-refractivity contribution in [1.82, 2.24) is 4.90 Å². The lowest BCUT2D eigenvalue weighted by atomic mass is 10.0. The topological polar surface area (TPSA) is 40.5 Å². The number of hydrogen-bond donors (Lipinski definition) is 1. The van der Waals surface area contributed by atoms with Gasteiger partial charge in [-0.15, -0.1) is 0 Å². The van der Waals surface area contributed by atoms with Crippen molar-refractivity contribution < 1.29 is 14.3 Å². The normalized spacial score (nSPS) is 20.9. The van der Waals surface area contributed by atoms with Gasteiger partial charge in [0.1, 0.15) is 5.82 Å². The van der Waals surface area contributed by atoms with Crippen molar-refractivity contribution in [2.24, 2.45) is 0 Å². The van der Waals surface area contributed by atoms with Crippen LogP contribution in [0.25, 0.3) is 0 Å². The second-order valence-corrected chi connectivity index (χ2v) is 5.98. The average Bonchev–Trinajstić information content (AvgIpc) is 2.63. The van der Waals surface area contributed by atoms with Gasteiger partial charge in [-0.25, -0.2) is 4.39 Å². The van der Waals surface area contributed by atoms with Gasteiger partial charge in [0.05, 0.1) is 12.5 Å².